The number of methoxy groups -OCH3 is 3. The maximum absolute atomic E-state index is 14.8. The second kappa shape index (κ2) is 51.6. The Kier molecular flexibility index (Phi) is 41.5. The summed E-state index contributed by atoms with van der Waals surface area (Å²) in [5.41, 5.74) is 16.9. The number of nitrogens with zero attached hydrogens (tertiary/aromatic N) is 9. The number of aromatic nitrogens is 8. The molecule has 2 amide bonds. The first-order valence-corrected chi connectivity index (χ1v) is 44.0. The molecule has 2 saturated heterocycles. The number of cyclic esters (lactones) is 1. The number of carbonyl (C=O) groups is 6. The molecule has 3 fully saturated rings. The van der Waals surface area contributed by atoms with Crippen LogP contribution in [0.25, 0.3) is 33.4 Å². The lowest BCUT2D eigenvalue weighted by atomic mass is 9.78. The minimum Gasteiger partial charge on any atom is -0.460 e. The number of Topliss-reactive ketones (excluding diaryl/α,β-unsaturated/α-hetero) is 3. The molecule has 7 heterocycles. The number of fused-ring (bicyclic) bond motifs is 5. The monoisotopic (exact) mass is 1750 g/mol. The van der Waals surface area contributed by atoms with Crippen LogP contribution in [0.4, 0.5) is 11.8 Å². The van der Waals surface area contributed by atoms with Gasteiger partial charge in [-0.1, -0.05) is 76.3 Å². The number of unbranched alkanes of at least 4 members (excludes halogenated alkanes) is 1. The fraction of sp³-hybridized carbons (Fsp3) is 0.685. The number of aryl methyl sites for hydroxylation is 1. The van der Waals surface area contributed by atoms with E-state index in [0.717, 1.165) is 16.9 Å². The molecule has 125 heavy (non-hydrogen) atoms. The topological polar surface area (TPSA) is 460 Å². The van der Waals surface area contributed by atoms with E-state index in [0.29, 0.717) is 227 Å². The average molecular weight is 1760 g/mol. The highest BCUT2D eigenvalue weighted by Gasteiger charge is 2.57. The number of hydrogen-bond acceptors (Lipinski definition) is 32. The molecule has 4 aromatic heterocycles. The number of carbonyl (C=O) groups excluding carboxylic acids is 6. The number of piperidine rings is 1. The fourth-order valence-electron chi connectivity index (χ4n) is 16.2. The van der Waals surface area contributed by atoms with Crippen LogP contribution in [-0.2, 0) is 115 Å². The maximum atomic E-state index is 14.8. The molecular weight excluding hydrogens is 1620 g/mol. The SMILES string of the molecule is CO[C@H]1C[C@]2(O)CC[C@@H](C)[C@@](O)(O2)C(=O)C(=O)N2CCCC[C@H]2C(=O)O[C@H]([C@H](C)C[C@@H]2CC[C@@H](OCCOCc3cn(CCOCCOCCOCCOCCOCCOCCOCCNC(=O)CCCCn4nc(-c5ccc6oc(N)nc6c5)c5c(N)ncnc54)nn3)[C@H](OC)C2)CC(=O)[C@H](C)/C=C(\C)[C@@H](O)[C@@H](OC)C(=O)[C@H](C)C[C@H](C)/C=C/C=C/C=C/1C. The number of ketones is 3. The van der Waals surface area contributed by atoms with Gasteiger partial charge in [0.05, 0.1) is 149 Å². The van der Waals surface area contributed by atoms with Gasteiger partial charge in [-0.15, -0.1) is 5.10 Å². The van der Waals surface area contributed by atoms with Crippen LogP contribution in [0.1, 0.15) is 150 Å². The van der Waals surface area contributed by atoms with Crippen molar-refractivity contribution in [3.8, 4) is 11.3 Å². The minimum atomic E-state index is -2.76. The molecule has 36 nitrogen and oxygen atoms in total. The number of nitrogen functional groups attached to an aromatic ring is 2. The van der Waals surface area contributed by atoms with Gasteiger partial charge >= 0.3 is 5.97 Å². The number of aliphatic hydroxyl groups is 3. The quantitative estimate of drug-likeness (QED) is 0.00950. The second-order valence-corrected chi connectivity index (χ2v) is 33.1. The number of hydrogen-bond donors (Lipinski definition) is 6. The van der Waals surface area contributed by atoms with Gasteiger partial charge in [0.2, 0.25) is 11.7 Å². The van der Waals surface area contributed by atoms with Crippen molar-refractivity contribution < 1.29 is 115 Å². The van der Waals surface area contributed by atoms with Crippen molar-refractivity contribution in [3.05, 3.63) is 84.0 Å². The summed E-state index contributed by atoms with van der Waals surface area (Å²) in [5.74, 6) is -11.1. The summed E-state index contributed by atoms with van der Waals surface area (Å²) in [4.78, 5) is 98.8. The molecule has 3 aliphatic heterocycles. The predicted molar refractivity (Wildman–Crippen MR) is 459 cm³/mol. The molecule has 694 valence electrons. The average Bonchev–Trinajstić information content (AvgIpc) is 1.73. The Bertz CT molecular complexity index is 4320. The van der Waals surface area contributed by atoms with Gasteiger partial charge in [-0.2, -0.15) is 10.1 Å². The molecule has 1 aliphatic carbocycles. The Labute approximate surface area is 731 Å². The Hall–Kier alpha value is -8.28. The first kappa shape index (κ1) is 100. The summed E-state index contributed by atoms with van der Waals surface area (Å²) in [6, 6.07) is 4.29. The van der Waals surface area contributed by atoms with E-state index in [1.807, 2.05) is 44.2 Å². The molecule has 15 atom stereocenters. The van der Waals surface area contributed by atoms with Gasteiger partial charge in [0.25, 0.3) is 17.7 Å². The third-order valence-electron chi connectivity index (χ3n) is 23.4. The van der Waals surface area contributed by atoms with Crippen LogP contribution >= 0.6 is 0 Å². The molecule has 4 aliphatic rings. The first-order valence-electron chi connectivity index (χ1n) is 44.0. The first-order chi connectivity index (χ1) is 60.2. The zero-order valence-electron chi connectivity index (χ0n) is 74.4. The zero-order valence-corrected chi connectivity index (χ0v) is 74.4. The third kappa shape index (κ3) is 30.7. The van der Waals surface area contributed by atoms with E-state index in [2.05, 4.69) is 30.6 Å². The number of rotatable bonds is 42. The van der Waals surface area contributed by atoms with Crippen LogP contribution in [0, 0.1) is 35.5 Å². The van der Waals surface area contributed by atoms with E-state index in [-0.39, 0.29) is 99.4 Å². The molecule has 0 radical (unpaired) electrons. The van der Waals surface area contributed by atoms with Crippen molar-refractivity contribution in [1.82, 2.24) is 49.9 Å². The van der Waals surface area contributed by atoms with Crippen molar-refractivity contribution in [1.29, 1.82) is 0 Å². The number of nitrogens with one attached hydrogen (secondary N) is 1. The van der Waals surface area contributed by atoms with Gasteiger partial charge in [0, 0.05) is 90.0 Å². The summed E-state index contributed by atoms with van der Waals surface area (Å²) in [6.07, 6.45) is 14.7. The van der Waals surface area contributed by atoms with E-state index in [4.69, 9.17) is 87.3 Å². The summed E-state index contributed by atoms with van der Waals surface area (Å²) < 4.78 is 90.4. The molecule has 2 bridgehead atoms. The summed E-state index contributed by atoms with van der Waals surface area (Å²) in [5, 5.41) is 52.6. The Morgan fingerprint density at radius 3 is 2.12 bits per heavy atom. The number of anilines is 2. The summed E-state index contributed by atoms with van der Waals surface area (Å²) in [7, 11) is 4.47. The Balaban J connectivity index is 0.606. The van der Waals surface area contributed by atoms with Crippen molar-refractivity contribution >= 4 is 69.1 Å². The van der Waals surface area contributed by atoms with E-state index in [9.17, 15) is 44.1 Å². The Morgan fingerprint density at radius 1 is 0.744 bits per heavy atom. The van der Waals surface area contributed by atoms with Crippen LogP contribution in [-0.4, -0.2) is 289 Å². The lowest BCUT2D eigenvalue weighted by molar-refractivity contribution is -0.360. The van der Waals surface area contributed by atoms with Crippen LogP contribution in [0.5, 0.6) is 0 Å². The highest BCUT2D eigenvalue weighted by Crippen LogP contribution is 2.43. The van der Waals surface area contributed by atoms with Gasteiger partial charge in [0.15, 0.2) is 22.8 Å². The molecule has 36 heteroatoms. The molecule has 1 saturated carbocycles. The van der Waals surface area contributed by atoms with E-state index < -0.39 is 83.4 Å². The van der Waals surface area contributed by atoms with E-state index in [1.165, 1.54) is 20.5 Å². The van der Waals surface area contributed by atoms with Crippen LogP contribution < -0.4 is 16.8 Å². The van der Waals surface area contributed by atoms with Crippen LogP contribution in [0.15, 0.2) is 82.7 Å². The highest BCUT2D eigenvalue weighted by molar-refractivity contribution is 6.39. The minimum absolute atomic E-state index is 0.00883. The number of ether oxygens (including phenoxy) is 14. The summed E-state index contributed by atoms with van der Waals surface area (Å²) >= 11 is 0. The molecule has 1 aromatic carbocycles. The summed E-state index contributed by atoms with van der Waals surface area (Å²) in [6.45, 7) is 20.3. The van der Waals surface area contributed by atoms with Gasteiger partial charge < -0.3 is 108 Å². The number of allylic oxidation sites excluding steroid dienone is 6. The van der Waals surface area contributed by atoms with Crippen molar-refractivity contribution in [2.75, 3.05) is 152 Å². The van der Waals surface area contributed by atoms with Gasteiger partial charge in [-0.05, 0) is 132 Å². The largest absolute Gasteiger partial charge is 0.460 e. The van der Waals surface area contributed by atoms with Crippen LogP contribution in [0.3, 0.4) is 0 Å². The normalized spacial score (nSPS) is 27.4. The second-order valence-electron chi connectivity index (χ2n) is 33.1. The number of nitrogens with two attached hydrogens (primary N) is 2. The smallest absolute Gasteiger partial charge is 0.329 e. The van der Waals surface area contributed by atoms with Gasteiger partial charge in [0.1, 0.15) is 59.2 Å². The number of oxazole rings is 1. The molecule has 5 aromatic rings. The third-order valence-corrected chi connectivity index (χ3v) is 23.4. The molecular formula is C89H134N12O24. The molecule has 0 unspecified atom stereocenters. The maximum Gasteiger partial charge on any atom is 0.329 e. The number of amides is 2. The zero-order chi connectivity index (χ0) is 89.8. The number of aliphatic hydroxyl groups excluding tert-OH is 1. The fourth-order valence-corrected chi connectivity index (χ4v) is 16.2. The number of benzene rings is 1. The van der Waals surface area contributed by atoms with Gasteiger partial charge in [-0.25, -0.2) is 24.1 Å². The van der Waals surface area contributed by atoms with E-state index in [1.54, 1.807) is 81.6 Å². The Morgan fingerprint density at radius 2 is 1.43 bits per heavy atom. The molecule has 0 spiro atoms. The van der Waals surface area contributed by atoms with Crippen molar-refractivity contribution in [3.63, 3.8) is 0 Å². The van der Waals surface area contributed by atoms with E-state index >= 15 is 0 Å². The van der Waals surface area contributed by atoms with Crippen molar-refractivity contribution in [2.24, 2.45) is 35.5 Å². The highest BCUT2D eigenvalue weighted by atomic mass is 16.7. The number of esters is 1. The van der Waals surface area contributed by atoms with Gasteiger partial charge in [-0.3, -0.25) is 24.0 Å². The van der Waals surface area contributed by atoms with Crippen molar-refractivity contribution in [2.45, 2.75) is 219 Å². The lowest BCUT2D eigenvalue weighted by Crippen LogP contribution is -2.63. The predicted octanol–water partition coefficient (Wildman–Crippen LogP) is 7.55. The lowest BCUT2D eigenvalue weighted by Gasteiger charge is -2.46. The standard InChI is InChI=1S/C89H134N12O24/c1-58-18-12-11-13-19-59(2)75(112-9)54-88(109)27-26-64(7)89(110,125-88)82(106)85(107)100-29-16-14-20-69(100)86(108)123-73(53-70(102)60(3)49-63(6)80(105)81(113-10)79(104)62(5)48-58)61(4)50-65-22-24-72(74(51-65)111-8)122-47-46-121-56-67-55-99(98-96-67)31-33-115-35-37-117-39-41-119-43-45-120-44-42-118-40-38-116-36-34-114-32-28-92-76(103)21-15-17-30-101-84-77(83(90)93-57-94-84)78(97-101)66-23-25-71-68(52-66)95-87(91)124-71/h11-13,18-19,23,25,49,52,55,57-58,60-62,64-65,69,72-75,80-81,105,109-110H,14-17,20-22,24,26-48,50-51,53-54,56H2,1-10H3,(H2,91,95)(H,92,103)(H2,90,93,94)/b13-11+,18-12+,59-19+,63-49+/t58-,60-,61-,62-,64-,65+,69+,72-,73+,74-,75+,80-,81+,88+,89-/m1/s1. The van der Waals surface area contributed by atoms with Crippen LogP contribution in [0.2, 0.25) is 0 Å². The molecule has 9 rings (SSSR count). The molecule has 8 N–H and O–H groups in total.